The Bertz CT molecular complexity index is 3520. The molecule has 0 radical (unpaired) electrons. The van der Waals surface area contributed by atoms with Crippen molar-refractivity contribution in [2.75, 3.05) is 4.90 Å². The van der Waals surface area contributed by atoms with E-state index in [9.17, 15) is 9.59 Å². The second-order valence-corrected chi connectivity index (χ2v) is 21.3. The number of anilines is 3. The third kappa shape index (κ3) is 7.28. The van der Waals surface area contributed by atoms with Crippen LogP contribution in [-0.4, -0.2) is 11.9 Å². The molecule has 11 rings (SSSR count). The molecular formula is C61H53NO6. The number of nitrogens with zero attached hydrogens (tertiary/aromatic N) is 1. The lowest BCUT2D eigenvalue weighted by molar-refractivity contribution is 0.0390. The largest absolute Gasteiger partial charge is 0.457 e. The maximum absolute atomic E-state index is 13.9. The number of rotatable bonds is 8. The molecule has 0 bridgehead atoms. The van der Waals surface area contributed by atoms with E-state index in [4.69, 9.17) is 18.9 Å². The number of allylic oxidation sites excluding steroid dienone is 2. The van der Waals surface area contributed by atoms with Gasteiger partial charge in [0.05, 0.1) is 28.2 Å². The van der Waals surface area contributed by atoms with Crippen molar-refractivity contribution in [3.8, 4) is 34.5 Å². The lowest BCUT2D eigenvalue weighted by atomic mass is 9.72. The highest BCUT2D eigenvalue weighted by Crippen LogP contribution is 2.56. The van der Waals surface area contributed by atoms with E-state index < -0.39 is 11.9 Å². The molecule has 0 fully saturated rings. The Morgan fingerprint density at radius 1 is 0.529 bits per heavy atom. The topological polar surface area (TPSA) is 74.3 Å². The Balaban J connectivity index is 1.19. The molecule has 7 nitrogen and oxygen atoms in total. The summed E-state index contributed by atoms with van der Waals surface area (Å²) in [4.78, 5) is 30.1. The highest BCUT2D eigenvalue weighted by Gasteiger charge is 2.35. The van der Waals surface area contributed by atoms with Crippen molar-refractivity contribution in [1.82, 2.24) is 0 Å². The summed E-state index contributed by atoms with van der Waals surface area (Å²) in [5.41, 5.74) is 6.82. The molecule has 2 heterocycles. The van der Waals surface area contributed by atoms with Crippen LogP contribution in [-0.2, 0) is 10.2 Å². The van der Waals surface area contributed by atoms with E-state index >= 15 is 0 Å². The zero-order valence-corrected chi connectivity index (χ0v) is 40.0. The van der Waals surface area contributed by atoms with Gasteiger partial charge in [-0.15, -0.1) is 0 Å². The fourth-order valence-corrected chi connectivity index (χ4v) is 10.9. The fourth-order valence-electron chi connectivity index (χ4n) is 10.9. The summed E-state index contributed by atoms with van der Waals surface area (Å²) >= 11 is 0. The summed E-state index contributed by atoms with van der Waals surface area (Å²) in [6.45, 7) is 20.0. The minimum absolute atomic E-state index is 0.0156. The molecule has 2 aliphatic heterocycles. The normalized spacial score (nSPS) is 14.1. The van der Waals surface area contributed by atoms with Crippen LogP contribution >= 0.6 is 0 Å². The standard InChI is InChI=1S/C61H53NO6/c1-35(33-59(2,3)4)36-21-25-38(26-22-36)65-50-31-43-53-44(58(64)68-57(43)63)32-51(66-39-27-23-37(24-28-39)61(8,9)34-60(5,6)7)55-42-29-30-45(40-15-14-16-41(52(40)42)54(50)56(53)55)62-46-17-10-12-19-48(46)67-49-20-13-11-18-47(49)62/h10-33H,34H2,1-9H3/b35-33+. The molecule has 9 aromatic carbocycles. The van der Waals surface area contributed by atoms with Crippen LogP contribution < -0.4 is 19.1 Å². The SMILES string of the molecule is C/C(=C\C(C)(C)C)c1ccc(Oc2cc3c4c(cc(Oc5ccc(C(C)(C)CC(C)(C)C)cc5)c5c6ccc(N7c8ccccc8Oc8ccccc87)c7cccc(c2c45)c76)C(=O)OC3=O)cc1. The number of carbonyl (C=O) groups excluding carboxylic acids is 2. The molecule has 7 heteroatoms. The van der Waals surface area contributed by atoms with E-state index in [2.05, 4.69) is 140 Å². The Morgan fingerprint density at radius 3 is 1.62 bits per heavy atom. The molecule has 0 spiro atoms. The lowest BCUT2D eigenvalue weighted by Gasteiger charge is -2.34. The average molecular weight is 896 g/mol. The number of hydrogen-bond acceptors (Lipinski definition) is 7. The van der Waals surface area contributed by atoms with E-state index in [1.807, 2.05) is 60.7 Å². The van der Waals surface area contributed by atoms with Crippen molar-refractivity contribution in [3.63, 3.8) is 0 Å². The fraction of sp³-hybridized carbons (Fsp3) is 0.213. The smallest absolute Gasteiger partial charge is 0.346 e. The summed E-state index contributed by atoms with van der Waals surface area (Å²) in [7, 11) is 0. The van der Waals surface area contributed by atoms with E-state index in [0.29, 0.717) is 33.8 Å². The summed E-state index contributed by atoms with van der Waals surface area (Å²) in [6.07, 6.45) is 3.26. The number of cyclic esters (lactones) is 2. The van der Waals surface area contributed by atoms with Crippen LogP contribution in [0, 0.1) is 10.8 Å². The first-order valence-corrected chi connectivity index (χ1v) is 23.4. The van der Waals surface area contributed by atoms with Crippen molar-refractivity contribution in [2.24, 2.45) is 10.8 Å². The van der Waals surface area contributed by atoms with Crippen molar-refractivity contribution >= 4 is 77.7 Å². The van der Waals surface area contributed by atoms with Crippen molar-refractivity contribution in [2.45, 2.75) is 74.1 Å². The number of hydrogen-bond donors (Lipinski definition) is 0. The van der Waals surface area contributed by atoms with Crippen LogP contribution in [0.5, 0.6) is 34.5 Å². The maximum Gasteiger partial charge on any atom is 0.346 e. The number of esters is 2. The van der Waals surface area contributed by atoms with Crippen molar-refractivity contribution < 1.29 is 28.5 Å². The minimum atomic E-state index is -0.728. The van der Waals surface area contributed by atoms with E-state index in [1.54, 1.807) is 12.1 Å². The van der Waals surface area contributed by atoms with Gasteiger partial charge in [-0.2, -0.15) is 0 Å². The number of para-hydroxylation sites is 4. The van der Waals surface area contributed by atoms with Crippen LogP contribution in [0.15, 0.2) is 146 Å². The number of fused-ring (bicyclic) bond motifs is 4. The second kappa shape index (κ2) is 15.5. The summed E-state index contributed by atoms with van der Waals surface area (Å²) in [6, 6.07) is 46.5. The highest BCUT2D eigenvalue weighted by molar-refractivity contribution is 6.40. The van der Waals surface area contributed by atoms with Gasteiger partial charge in [-0.05, 0) is 129 Å². The molecule has 0 aromatic heterocycles. The Kier molecular flexibility index (Phi) is 9.77. The average Bonchev–Trinajstić information content (AvgIpc) is 3.28. The molecule has 0 atom stereocenters. The van der Waals surface area contributed by atoms with Gasteiger partial charge < -0.3 is 23.8 Å². The first-order valence-electron chi connectivity index (χ1n) is 23.4. The van der Waals surface area contributed by atoms with E-state index in [0.717, 1.165) is 72.9 Å². The van der Waals surface area contributed by atoms with Gasteiger partial charge in [0.2, 0.25) is 0 Å². The van der Waals surface area contributed by atoms with Crippen LogP contribution in [0.2, 0.25) is 0 Å². The summed E-state index contributed by atoms with van der Waals surface area (Å²) in [5.74, 6) is 2.17. The molecular weight excluding hydrogens is 843 g/mol. The molecule has 0 aliphatic carbocycles. The maximum atomic E-state index is 13.9. The van der Waals surface area contributed by atoms with Crippen molar-refractivity contribution in [3.05, 3.63) is 168 Å². The Labute approximate surface area is 396 Å². The molecule has 0 amide bonds. The molecule has 68 heavy (non-hydrogen) atoms. The number of carbonyl (C=O) groups is 2. The number of ether oxygens (including phenoxy) is 4. The Hall–Kier alpha value is -7.64. The molecule has 2 aliphatic rings. The summed E-state index contributed by atoms with van der Waals surface area (Å²) < 4.78 is 25.9. The van der Waals surface area contributed by atoms with E-state index in [-0.39, 0.29) is 27.4 Å². The van der Waals surface area contributed by atoms with Gasteiger partial charge in [0.1, 0.15) is 23.0 Å². The molecule has 338 valence electrons. The van der Waals surface area contributed by atoms with Gasteiger partial charge in [0.15, 0.2) is 11.5 Å². The first-order chi connectivity index (χ1) is 32.4. The monoisotopic (exact) mass is 895 g/mol. The van der Waals surface area contributed by atoms with Crippen LogP contribution in [0.3, 0.4) is 0 Å². The summed E-state index contributed by atoms with van der Waals surface area (Å²) in [5, 5.41) is 6.44. The minimum Gasteiger partial charge on any atom is -0.457 e. The van der Waals surface area contributed by atoms with Gasteiger partial charge in [0.25, 0.3) is 0 Å². The molecule has 9 aromatic rings. The third-order valence-corrected chi connectivity index (χ3v) is 13.2. The second-order valence-electron chi connectivity index (χ2n) is 21.3. The van der Waals surface area contributed by atoms with Gasteiger partial charge in [0, 0.05) is 26.9 Å². The predicted octanol–water partition coefficient (Wildman–Crippen LogP) is 17.4. The molecule has 0 unspecified atom stereocenters. The zero-order chi connectivity index (χ0) is 47.4. The first kappa shape index (κ1) is 43.0. The quantitative estimate of drug-likeness (QED) is 0.0651. The molecule has 0 saturated carbocycles. The van der Waals surface area contributed by atoms with Crippen LogP contribution in [0.25, 0.3) is 48.7 Å². The lowest BCUT2D eigenvalue weighted by Crippen LogP contribution is -2.24. The van der Waals surface area contributed by atoms with E-state index in [1.165, 1.54) is 11.1 Å². The van der Waals surface area contributed by atoms with Crippen LogP contribution in [0.4, 0.5) is 17.1 Å². The van der Waals surface area contributed by atoms with Gasteiger partial charge in [-0.1, -0.05) is 134 Å². The van der Waals surface area contributed by atoms with Crippen molar-refractivity contribution in [1.29, 1.82) is 0 Å². The molecule has 0 N–H and O–H groups in total. The molecule has 0 saturated heterocycles. The van der Waals surface area contributed by atoms with Gasteiger partial charge in [-0.3, -0.25) is 0 Å². The highest BCUT2D eigenvalue weighted by atomic mass is 16.6. The number of benzene rings is 9. The predicted molar refractivity (Wildman–Crippen MR) is 275 cm³/mol. The zero-order valence-electron chi connectivity index (χ0n) is 40.0. The van der Waals surface area contributed by atoms with Gasteiger partial charge in [-0.25, -0.2) is 9.59 Å². The Morgan fingerprint density at radius 2 is 1.06 bits per heavy atom. The third-order valence-electron chi connectivity index (χ3n) is 13.2. The van der Waals surface area contributed by atoms with Crippen LogP contribution in [0.1, 0.15) is 101 Å². The van der Waals surface area contributed by atoms with Gasteiger partial charge >= 0.3 is 11.9 Å².